The first-order valence-corrected chi connectivity index (χ1v) is 7.36. The molecule has 0 aromatic heterocycles. The summed E-state index contributed by atoms with van der Waals surface area (Å²) in [5.41, 5.74) is 1.21. The van der Waals surface area contributed by atoms with E-state index in [0.29, 0.717) is 17.7 Å². The number of amides is 2. The second-order valence-electron chi connectivity index (χ2n) is 5.90. The van der Waals surface area contributed by atoms with Crippen molar-refractivity contribution in [2.45, 2.75) is 24.6 Å². The van der Waals surface area contributed by atoms with E-state index in [1.807, 2.05) is 6.92 Å². The number of nitrogens with zero attached hydrogens (tertiary/aromatic N) is 1. The topological polar surface area (TPSA) is 49.4 Å². The van der Waals surface area contributed by atoms with Gasteiger partial charge in [-0.05, 0) is 38.0 Å². The number of aryl methyl sites for hydroxylation is 1. The van der Waals surface area contributed by atoms with Crippen LogP contribution in [0.2, 0.25) is 0 Å². The standard InChI is InChI=1S/C15H18Cl2N2O2/c1-9-5-6-10(12(20)19(3)4)7-11(9)18-13(21)14(2)8-15(14,16)17/h5-7H,8H2,1-4H3,(H,18,21)/t14-/m0/s1. The van der Waals surface area contributed by atoms with Crippen LogP contribution in [-0.4, -0.2) is 35.1 Å². The maximum atomic E-state index is 12.3. The highest BCUT2D eigenvalue weighted by molar-refractivity contribution is 6.53. The lowest BCUT2D eigenvalue weighted by atomic mass is 10.1. The first-order valence-electron chi connectivity index (χ1n) is 6.60. The summed E-state index contributed by atoms with van der Waals surface area (Å²) in [7, 11) is 3.36. The second kappa shape index (κ2) is 5.18. The molecule has 1 fully saturated rings. The van der Waals surface area contributed by atoms with Crippen molar-refractivity contribution < 1.29 is 9.59 Å². The number of alkyl halides is 2. The summed E-state index contributed by atoms with van der Waals surface area (Å²) in [5.74, 6) is -0.350. The number of rotatable bonds is 3. The Morgan fingerprint density at radius 3 is 2.33 bits per heavy atom. The minimum absolute atomic E-state index is 0.118. The summed E-state index contributed by atoms with van der Waals surface area (Å²) in [6.45, 7) is 3.59. The number of hydrogen-bond acceptors (Lipinski definition) is 2. The fraction of sp³-hybridized carbons (Fsp3) is 0.467. The van der Waals surface area contributed by atoms with Gasteiger partial charge in [-0.15, -0.1) is 23.2 Å². The van der Waals surface area contributed by atoms with Gasteiger partial charge in [-0.25, -0.2) is 0 Å². The lowest BCUT2D eigenvalue weighted by Gasteiger charge is -2.16. The molecule has 2 rings (SSSR count). The van der Waals surface area contributed by atoms with Crippen LogP contribution in [0, 0.1) is 12.3 Å². The van der Waals surface area contributed by atoms with Crippen molar-refractivity contribution in [2.24, 2.45) is 5.41 Å². The molecule has 0 spiro atoms. The average Bonchev–Trinajstić information content (AvgIpc) is 2.91. The van der Waals surface area contributed by atoms with Crippen LogP contribution in [-0.2, 0) is 4.79 Å². The normalized spacial score (nSPS) is 22.6. The molecular weight excluding hydrogens is 311 g/mol. The molecule has 1 N–H and O–H groups in total. The number of hydrogen-bond donors (Lipinski definition) is 1. The molecule has 1 aliphatic carbocycles. The van der Waals surface area contributed by atoms with E-state index < -0.39 is 9.75 Å². The van der Waals surface area contributed by atoms with Crippen LogP contribution >= 0.6 is 23.2 Å². The van der Waals surface area contributed by atoms with Crippen LogP contribution in [0.5, 0.6) is 0 Å². The van der Waals surface area contributed by atoms with Crippen molar-refractivity contribution in [3.05, 3.63) is 29.3 Å². The first-order chi connectivity index (χ1) is 9.58. The molecule has 1 aromatic rings. The zero-order valence-corrected chi connectivity index (χ0v) is 14.0. The molecule has 21 heavy (non-hydrogen) atoms. The number of carbonyl (C=O) groups excluding carboxylic acids is 2. The van der Waals surface area contributed by atoms with E-state index in [2.05, 4.69) is 5.32 Å². The predicted molar refractivity (Wildman–Crippen MR) is 85.0 cm³/mol. The Bertz CT molecular complexity index is 614. The van der Waals surface area contributed by atoms with Gasteiger partial charge in [0, 0.05) is 25.3 Å². The van der Waals surface area contributed by atoms with E-state index in [0.717, 1.165) is 5.56 Å². The number of halogens is 2. The Morgan fingerprint density at radius 1 is 1.29 bits per heavy atom. The smallest absolute Gasteiger partial charge is 0.253 e. The van der Waals surface area contributed by atoms with E-state index in [-0.39, 0.29) is 11.8 Å². The van der Waals surface area contributed by atoms with Gasteiger partial charge in [0.05, 0.1) is 5.41 Å². The van der Waals surface area contributed by atoms with Crippen molar-refractivity contribution in [3.63, 3.8) is 0 Å². The van der Waals surface area contributed by atoms with Crippen molar-refractivity contribution in [2.75, 3.05) is 19.4 Å². The molecule has 0 saturated heterocycles. The van der Waals surface area contributed by atoms with E-state index in [1.54, 1.807) is 39.2 Å². The number of benzene rings is 1. The van der Waals surface area contributed by atoms with Crippen LogP contribution in [0.4, 0.5) is 5.69 Å². The minimum atomic E-state index is -1.01. The molecule has 2 amide bonds. The fourth-order valence-corrected chi connectivity index (χ4v) is 2.76. The second-order valence-corrected chi connectivity index (χ2v) is 7.38. The summed E-state index contributed by atoms with van der Waals surface area (Å²) in [4.78, 5) is 25.8. The fourth-order valence-electron chi connectivity index (χ4n) is 2.05. The lowest BCUT2D eigenvalue weighted by Crippen LogP contribution is -2.27. The van der Waals surface area contributed by atoms with Crippen molar-refractivity contribution >= 4 is 40.7 Å². The zero-order valence-electron chi connectivity index (χ0n) is 12.5. The van der Waals surface area contributed by atoms with Crippen molar-refractivity contribution in [1.82, 2.24) is 4.90 Å². The largest absolute Gasteiger partial charge is 0.345 e. The summed E-state index contributed by atoms with van der Waals surface area (Å²) >= 11 is 12.0. The van der Waals surface area contributed by atoms with Crippen LogP contribution in [0.25, 0.3) is 0 Å². The van der Waals surface area contributed by atoms with Gasteiger partial charge >= 0.3 is 0 Å². The van der Waals surface area contributed by atoms with Gasteiger partial charge in [0.2, 0.25) is 5.91 Å². The Kier molecular flexibility index (Phi) is 3.98. The van der Waals surface area contributed by atoms with E-state index in [9.17, 15) is 9.59 Å². The molecular formula is C15H18Cl2N2O2. The first kappa shape index (κ1) is 16.1. The monoisotopic (exact) mass is 328 g/mol. The van der Waals surface area contributed by atoms with E-state index >= 15 is 0 Å². The Morgan fingerprint density at radius 2 is 1.86 bits per heavy atom. The van der Waals surface area contributed by atoms with Crippen LogP contribution in [0.1, 0.15) is 29.3 Å². The lowest BCUT2D eigenvalue weighted by molar-refractivity contribution is -0.120. The van der Waals surface area contributed by atoms with Crippen LogP contribution < -0.4 is 5.32 Å². The predicted octanol–water partition coefficient (Wildman–Crippen LogP) is 3.22. The van der Waals surface area contributed by atoms with Gasteiger partial charge in [0.15, 0.2) is 0 Å². The highest BCUT2D eigenvalue weighted by atomic mass is 35.5. The third kappa shape index (κ3) is 2.87. The molecule has 0 unspecified atom stereocenters. The van der Waals surface area contributed by atoms with Gasteiger partial charge in [-0.1, -0.05) is 6.07 Å². The molecule has 1 aromatic carbocycles. The maximum Gasteiger partial charge on any atom is 0.253 e. The molecule has 1 atom stereocenters. The van der Waals surface area contributed by atoms with Gasteiger partial charge < -0.3 is 10.2 Å². The number of anilines is 1. The highest BCUT2D eigenvalue weighted by Gasteiger charge is 2.67. The van der Waals surface area contributed by atoms with Crippen molar-refractivity contribution in [3.8, 4) is 0 Å². The summed E-state index contributed by atoms with van der Waals surface area (Å²) in [6, 6.07) is 5.21. The van der Waals surface area contributed by atoms with Crippen LogP contribution in [0.3, 0.4) is 0 Å². The summed E-state index contributed by atoms with van der Waals surface area (Å²) in [5, 5.41) is 2.82. The molecule has 114 valence electrons. The van der Waals surface area contributed by atoms with Gasteiger partial charge in [-0.2, -0.15) is 0 Å². The van der Waals surface area contributed by atoms with Gasteiger partial charge in [-0.3, -0.25) is 9.59 Å². The SMILES string of the molecule is Cc1ccc(C(=O)N(C)C)cc1NC(=O)[C@]1(C)CC1(Cl)Cl. The molecule has 0 radical (unpaired) electrons. The molecule has 1 saturated carbocycles. The Balaban J connectivity index is 2.23. The molecule has 1 aliphatic rings. The summed E-state index contributed by atoms with van der Waals surface area (Å²) < 4.78 is -1.01. The van der Waals surface area contributed by atoms with Gasteiger partial charge in [0.25, 0.3) is 5.91 Å². The molecule has 6 heteroatoms. The minimum Gasteiger partial charge on any atom is -0.345 e. The van der Waals surface area contributed by atoms with Crippen molar-refractivity contribution in [1.29, 1.82) is 0 Å². The van der Waals surface area contributed by atoms with Gasteiger partial charge in [0.1, 0.15) is 4.33 Å². The van der Waals surface area contributed by atoms with E-state index in [4.69, 9.17) is 23.2 Å². The Labute approximate surface area is 134 Å². The third-order valence-electron chi connectivity index (χ3n) is 3.90. The zero-order chi connectivity index (χ0) is 16.0. The van der Waals surface area contributed by atoms with Crippen LogP contribution in [0.15, 0.2) is 18.2 Å². The quantitative estimate of drug-likeness (QED) is 0.866. The Hall–Kier alpha value is -1.26. The summed E-state index contributed by atoms with van der Waals surface area (Å²) in [6.07, 6.45) is 0.421. The number of carbonyl (C=O) groups is 2. The molecule has 0 aliphatic heterocycles. The molecule has 4 nitrogen and oxygen atoms in total. The molecule has 0 heterocycles. The van der Waals surface area contributed by atoms with E-state index in [1.165, 1.54) is 4.90 Å². The highest BCUT2D eigenvalue weighted by Crippen LogP contribution is 2.64. The number of nitrogens with one attached hydrogen (secondary N) is 1. The average molecular weight is 329 g/mol. The third-order valence-corrected chi connectivity index (χ3v) is 5.00. The maximum absolute atomic E-state index is 12.3. The molecule has 0 bridgehead atoms.